The molecule has 1 N–H and O–H groups in total. The molecule has 1 fully saturated rings. The van der Waals surface area contributed by atoms with Gasteiger partial charge in [0.15, 0.2) is 0 Å². The van der Waals surface area contributed by atoms with E-state index in [1.54, 1.807) is 19.9 Å². The Balaban J connectivity index is 1.48. The van der Waals surface area contributed by atoms with E-state index in [0.29, 0.717) is 46.8 Å². The van der Waals surface area contributed by atoms with Crippen LogP contribution in [0.25, 0.3) is 10.7 Å². The van der Waals surface area contributed by atoms with Crippen LogP contribution in [0.15, 0.2) is 39.8 Å². The molecule has 176 valence electrons. The summed E-state index contributed by atoms with van der Waals surface area (Å²) >= 11 is 1.31. The Labute approximate surface area is 198 Å². The van der Waals surface area contributed by atoms with Gasteiger partial charge in [-0.1, -0.05) is 31.1 Å². The highest BCUT2D eigenvalue weighted by atomic mass is 32.2. The zero-order valence-corrected chi connectivity index (χ0v) is 20.8. The average Bonchev–Trinajstić information content (AvgIpc) is 3.40. The number of hydrogen-bond donors (Lipinski definition) is 1. The van der Waals surface area contributed by atoms with Gasteiger partial charge in [0.05, 0.1) is 15.7 Å². The predicted molar refractivity (Wildman–Crippen MR) is 128 cm³/mol. The number of carbonyl (C=O) groups excluding carboxylic acids is 1. The van der Waals surface area contributed by atoms with Gasteiger partial charge in [-0.3, -0.25) is 4.79 Å². The molecule has 1 atom stereocenters. The lowest BCUT2D eigenvalue weighted by atomic mass is 9.98. The quantitative estimate of drug-likeness (QED) is 0.545. The lowest BCUT2D eigenvalue weighted by Gasteiger charge is -2.31. The summed E-state index contributed by atoms with van der Waals surface area (Å²) in [6.07, 6.45) is 1.28. The van der Waals surface area contributed by atoms with Crippen LogP contribution in [-0.2, 0) is 14.8 Å². The van der Waals surface area contributed by atoms with E-state index in [2.05, 4.69) is 29.3 Å². The fourth-order valence-corrected chi connectivity index (χ4v) is 6.95. The molecule has 1 aliphatic heterocycles. The number of anilines is 1. The van der Waals surface area contributed by atoms with Gasteiger partial charge in [-0.05, 0) is 49.4 Å². The molecule has 0 saturated carbocycles. The molecule has 4 rings (SSSR count). The summed E-state index contributed by atoms with van der Waals surface area (Å²) in [5.41, 5.74) is 1.92. The maximum atomic E-state index is 13.4. The fraction of sp³-hybridized carbons (Fsp3) is 0.435. The van der Waals surface area contributed by atoms with Gasteiger partial charge in [0.1, 0.15) is 0 Å². The maximum absolute atomic E-state index is 13.4. The number of thiophene rings is 1. The van der Waals surface area contributed by atoms with Gasteiger partial charge >= 0.3 is 0 Å². The van der Waals surface area contributed by atoms with E-state index in [-0.39, 0.29) is 17.3 Å². The number of sulfonamides is 1. The van der Waals surface area contributed by atoms with Crippen molar-refractivity contribution in [1.82, 2.24) is 14.4 Å². The van der Waals surface area contributed by atoms with Crippen LogP contribution >= 0.6 is 11.3 Å². The highest BCUT2D eigenvalue weighted by Crippen LogP contribution is 2.35. The number of hydrogen-bond acceptors (Lipinski definition) is 7. The molecular formula is C23H28N4O4S2. The van der Waals surface area contributed by atoms with Crippen LogP contribution in [0.5, 0.6) is 0 Å². The molecule has 0 unspecified atom stereocenters. The second kappa shape index (κ2) is 9.36. The summed E-state index contributed by atoms with van der Waals surface area (Å²) < 4.78 is 33.3. The number of aromatic nitrogens is 2. The van der Waals surface area contributed by atoms with E-state index in [1.165, 1.54) is 21.2 Å². The molecule has 33 heavy (non-hydrogen) atoms. The number of aryl methyl sites for hydroxylation is 2. The molecule has 0 bridgehead atoms. The number of benzene rings is 1. The molecule has 1 amide bonds. The number of piperidine rings is 1. The van der Waals surface area contributed by atoms with Gasteiger partial charge in [-0.25, -0.2) is 8.42 Å². The Morgan fingerprint density at radius 3 is 2.61 bits per heavy atom. The predicted octanol–water partition coefficient (Wildman–Crippen LogP) is 4.58. The lowest BCUT2D eigenvalue weighted by molar-refractivity contribution is -0.120. The molecule has 3 heterocycles. The highest BCUT2D eigenvalue weighted by molar-refractivity contribution is 7.89. The molecule has 0 aliphatic carbocycles. The Hall–Kier alpha value is -2.56. The lowest BCUT2D eigenvalue weighted by Crippen LogP contribution is -2.43. The van der Waals surface area contributed by atoms with Crippen molar-refractivity contribution in [3.63, 3.8) is 0 Å². The molecular weight excluding hydrogens is 460 g/mol. The highest BCUT2D eigenvalue weighted by Gasteiger charge is 2.35. The third kappa shape index (κ3) is 5.02. The van der Waals surface area contributed by atoms with Crippen molar-refractivity contribution in [1.29, 1.82) is 0 Å². The van der Waals surface area contributed by atoms with Crippen LogP contribution in [0.2, 0.25) is 0 Å². The SMILES string of the molecule is Cc1nc(-c2cc(S(=O)(=O)N3CCC[C@@H](C(=O)Nc4ccc(C(C)C)cc4)C3)c(C)s2)no1. The number of nitrogens with one attached hydrogen (secondary N) is 1. The standard InChI is InChI=1S/C23H28N4O4S2/c1-14(2)17-7-9-19(10-8-17)25-23(28)18-6-5-11-27(13-18)33(29,30)21-12-20(32-15(21)3)22-24-16(4)31-26-22/h7-10,12,14,18H,5-6,11,13H2,1-4H3,(H,25,28)/t18-/m1/s1. The normalized spacial score (nSPS) is 17.4. The van der Waals surface area contributed by atoms with E-state index in [1.807, 2.05) is 24.3 Å². The molecule has 0 radical (unpaired) electrons. The summed E-state index contributed by atoms with van der Waals surface area (Å²) in [5, 5.41) is 6.83. The van der Waals surface area contributed by atoms with Crippen LogP contribution in [0.1, 0.15) is 48.9 Å². The van der Waals surface area contributed by atoms with Gasteiger partial charge in [-0.15, -0.1) is 11.3 Å². The van der Waals surface area contributed by atoms with Crippen molar-refractivity contribution in [2.24, 2.45) is 5.92 Å². The largest absolute Gasteiger partial charge is 0.339 e. The van der Waals surface area contributed by atoms with Crippen molar-refractivity contribution in [2.45, 2.75) is 51.3 Å². The van der Waals surface area contributed by atoms with Gasteiger partial charge in [0.2, 0.25) is 27.6 Å². The topological polar surface area (TPSA) is 105 Å². The Kier molecular flexibility index (Phi) is 6.69. The smallest absolute Gasteiger partial charge is 0.244 e. The molecule has 1 aromatic carbocycles. The van der Waals surface area contributed by atoms with E-state index in [0.717, 1.165) is 5.69 Å². The molecule has 3 aromatic rings. The third-order valence-corrected chi connectivity index (χ3v) is 9.00. The van der Waals surface area contributed by atoms with Crippen molar-refractivity contribution in [3.05, 3.63) is 46.7 Å². The fourth-order valence-electron chi connectivity index (χ4n) is 3.94. The molecule has 2 aromatic heterocycles. The zero-order valence-electron chi connectivity index (χ0n) is 19.2. The van der Waals surface area contributed by atoms with E-state index in [4.69, 9.17) is 4.52 Å². The monoisotopic (exact) mass is 488 g/mol. The minimum absolute atomic E-state index is 0.155. The molecule has 8 nitrogen and oxygen atoms in total. The van der Waals surface area contributed by atoms with Crippen molar-refractivity contribution in [2.75, 3.05) is 18.4 Å². The van der Waals surface area contributed by atoms with E-state index < -0.39 is 15.9 Å². The molecule has 1 aliphatic rings. The minimum atomic E-state index is -3.75. The van der Waals surface area contributed by atoms with Gasteiger partial charge in [-0.2, -0.15) is 9.29 Å². The number of carbonyl (C=O) groups is 1. The zero-order chi connectivity index (χ0) is 23.8. The van der Waals surface area contributed by atoms with Crippen LogP contribution in [0.3, 0.4) is 0 Å². The number of nitrogens with zero attached hydrogens (tertiary/aromatic N) is 3. The number of rotatable bonds is 6. The summed E-state index contributed by atoms with van der Waals surface area (Å²) in [5.74, 6) is 0.649. The van der Waals surface area contributed by atoms with Crippen LogP contribution in [0.4, 0.5) is 5.69 Å². The van der Waals surface area contributed by atoms with Crippen molar-refractivity contribution in [3.8, 4) is 10.7 Å². The second-order valence-corrected chi connectivity index (χ2v) is 11.8. The first-order valence-corrected chi connectivity index (χ1v) is 13.2. The van der Waals surface area contributed by atoms with Gasteiger partial charge in [0, 0.05) is 30.6 Å². The first-order valence-electron chi connectivity index (χ1n) is 11.0. The number of amides is 1. The third-order valence-electron chi connectivity index (χ3n) is 5.84. The minimum Gasteiger partial charge on any atom is -0.339 e. The van der Waals surface area contributed by atoms with Gasteiger partial charge < -0.3 is 9.84 Å². The first kappa shape index (κ1) is 23.6. The van der Waals surface area contributed by atoms with E-state index >= 15 is 0 Å². The van der Waals surface area contributed by atoms with Crippen LogP contribution in [-0.4, -0.2) is 41.9 Å². The van der Waals surface area contributed by atoms with Crippen molar-refractivity contribution >= 4 is 33.0 Å². The Bertz CT molecular complexity index is 1250. The molecule has 1 saturated heterocycles. The van der Waals surface area contributed by atoms with Gasteiger partial charge in [0.25, 0.3) is 0 Å². The second-order valence-electron chi connectivity index (χ2n) is 8.64. The Morgan fingerprint density at radius 1 is 1.24 bits per heavy atom. The molecule has 0 spiro atoms. The average molecular weight is 489 g/mol. The van der Waals surface area contributed by atoms with Crippen molar-refractivity contribution < 1.29 is 17.7 Å². The summed E-state index contributed by atoms with van der Waals surface area (Å²) in [6, 6.07) is 9.38. The van der Waals surface area contributed by atoms with E-state index in [9.17, 15) is 13.2 Å². The van der Waals surface area contributed by atoms with Crippen LogP contribution in [0, 0.1) is 19.8 Å². The first-order chi connectivity index (χ1) is 15.6. The molecule has 10 heteroatoms. The Morgan fingerprint density at radius 2 is 1.97 bits per heavy atom. The van der Waals surface area contributed by atoms with Crippen LogP contribution < -0.4 is 5.32 Å². The summed E-state index contributed by atoms with van der Waals surface area (Å²) in [6.45, 7) is 8.23. The maximum Gasteiger partial charge on any atom is 0.244 e. The summed E-state index contributed by atoms with van der Waals surface area (Å²) in [7, 11) is -3.75. The summed E-state index contributed by atoms with van der Waals surface area (Å²) in [4.78, 5) is 18.6.